The van der Waals surface area contributed by atoms with Crippen molar-refractivity contribution >= 4 is 17.2 Å². The molecule has 1 aliphatic rings. The molecule has 1 aliphatic heterocycles. The van der Waals surface area contributed by atoms with Crippen LogP contribution in [-0.2, 0) is 6.42 Å². The highest BCUT2D eigenvalue weighted by Gasteiger charge is 2.16. The molecule has 8 heteroatoms. The van der Waals surface area contributed by atoms with Crippen LogP contribution in [-0.4, -0.2) is 44.3 Å². The van der Waals surface area contributed by atoms with Crippen molar-refractivity contribution in [3.8, 4) is 6.01 Å². The van der Waals surface area contributed by atoms with E-state index in [2.05, 4.69) is 39.9 Å². The zero-order valence-electron chi connectivity index (χ0n) is 17.3. The molecule has 29 heavy (non-hydrogen) atoms. The Morgan fingerprint density at radius 3 is 2.72 bits per heavy atom. The largest absolute Gasteiger partial charge is 0.462 e. The van der Waals surface area contributed by atoms with E-state index in [1.54, 1.807) is 10.7 Å². The number of fused-ring (bicyclic) bond motifs is 1. The first kappa shape index (κ1) is 19.4. The summed E-state index contributed by atoms with van der Waals surface area (Å²) in [6.07, 6.45) is 10.2. The van der Waals surface area contributed by atoms with Crippen LogP contribution in [0.25, 0.3) is 5.65 Å². The van der Waals surface area contributed by atoms with Gasteiger partial charge in [0.15, 0.2) is 11.5 Å². The third-order valence-electron chi connectivity index (χ3n) is 5.37. The van der Waals surface area contributed by atoms with Gasteiger partial charge in [0.2, 0.25) is 0 Å². The molecule has 0 aromatic carbocycles. The lowest BCUT2D eigenvalue weighted by molar-refractivity contribution is 0.280. The number of aryl methyl sites for hydroxylation is 1. The van der Waals surface area contributed by atoms with Crippen molar-refractivity contribution in [3.05, 3.63) is 35.4 Å². The molecule has 0 spiro atoms. The highest BCUT2D eigenvalue weighted by atomic mass is 16.5. The standard InChI is InChI=1S/C21H29N7O/c1-3-4-10-29-21-25-19(22)20-24-13-17(28(20)26-21)12-16-11-15(2)18(14-23-16)27-8-6-5-7-9-27/h11,13-14H,3-10,12H2,1-2H3,(H2,22,25,26). The molecule has 0 radical (unpaired) electrons. The molecule has 4 rings (SSSR count). The monoisotopic (exact) mass is 395 g/mol. The highest BCUT2D eigenvalue weighted by Crippen LogP contribution is 2.24. The first-order chi connectivity index (χ1) is 14.2. The van der Waals surface area contributed by atoms with Crippen molar-refractivity contribution in [2.24, 2.45) is 0 Å². The molecule has 3 aromatic heterocycles. The van der Waals surface area contributed by atoms with E-state index >= 15 is 0 Å². The number of anilines is 2. The smallest absolute Gasteiger partial charge is 0.336 e. The Balaban J connectivity index is 1.56. The Hall–Kier alpha value is -2.90. The van der Waals surface area contributed by atoms with Gasteiger partial charge in [-0.15, -0.1) is 5.10 Å². The molecule has 4 heterocycles. The molecule has 3 aromatic rings. The number of nitrogen functional groups attached to an aromatic ring is 1. The summed E-state index contributed by atoms with van der Waals surface area (Å²) >= 11 is 0. The maximum absolute atomic E-state index is 6.06. The molecule has 8 nitrogen and oxygen atoms in total. The van der Waals surface area contributed by atoms with Crippen molar-refractivity contribution in [2.45, 2.75) is 52.4 Å². The van der Waals surface area contributed by atoms with Crippen LogP contribution in [0.1, 0.15) is 56.0 Å². The van der Waals surface area contributed by atoms with Crippen molar-refractivity contribution in [1.29, 1.82) is 0 Å². The van der Waals surface area contributed by atoms with Gasteiger partial charge in [0.25, 0.3) is 0 Å². The normalized spacial score (nSPS) is 14.5. The van der Waals surface area contributed by atoms with Gasteiger partial charge in [-0.2, -0.15) is 4.98 Å². The predicted molar refractivity (Wildman–Crippen MR) is 113 cm³/mol. The van der Waals surface area contributed by atoms with Crippen LogP contribution in [0.3, 0.4) is 0 Å². The molecule has 0 amide bonds. The minimum absolute atomic E-state index is 0.285. The SMILES string of the molecule is CCCCOc1nc(N)c2ncc(Cc3cc(C)c(N4CCCCC4)cn3)n2n1. The number of ether oxygens (including phenoxy) is 1. The number of nitrogens with zero attached hydrogens (tertiary/aromatic N) is 6. The second-order valence-corrected chi connectivity index (χ2v) is 7.65. The Bertz CT molecular complexity index is 979. The van der Waals surface area contributed by atoms with Gasteiger partial charge < -0.3 is 15.4 Å². The van der Waals surface area contributed by atoms with Crippen molar-refractivity contribution < 1.29 is 4.74 Å². The van der Waals surface area contributed by atoms with Crippen LogP contribution < -0.4 is 15.4 Å². The lowest BCUT2D eigenvalue weighted by Crippen LogP contribution is -2.30. The van der Waals surface area contributed by atoms with Crippen molar-refractivity contribution in [1.82, 2.24) is 24.6 Å². The van der Waals surface area contributed by atoms with Crippen LogP contribution >= 0.6 is 0 Å². The summed E-state index contributed by atoms with van der Waals surface area (Å²) in [5.41, 5.74) is 11.0. The number of hydrogen-bond donors (Lipinski definition) is 1. The summed E-state index contributed by atoms with van der Waals surface area (Å²) in [6.45, 7) is 7.08. The molecular weight excluding hydrogens is 366 g/mol. The highest BCUT2D eigenvalue weighted by molar-refractivity contribution is 5.60. The molecule has 154 valence electrons. The van der Waals surface area contributed by atoms with Crippen molar-refractivity contribution in [2.75, 3.05) is 30.3 Å². The van der Waals surface area contributed by atoms with Crippen LogP contribution in [0.2, 0.25) is 0 Å². The Morgan fingerprint density at radius 2 is 1.97 bits per heavy atom. The van der Waals surface area contributed by atoms with Gasteiger partial charge in [0.1, 0.15) is 0 Å². The van der Waals surface area contributed by atoms with Gasteiger partial charge in [0, 0.05) is 25.2 Å². The van der Waals surface area contributed by atoms with E-state index < -0.39 is 0 Å². The fourth-order valence-electron chi connectivity index (χ4n) is 3.77. The number of imidazole rings is 1. The molecular formula is C21H29N7O. The fraction of sp³-hybridized carbons (Fsp3) is 0.524. The Morgan fingerprint density at radius 1 is 1.14 bits per heavy atom. The Labute approximate surface area is 171 Å². The van der Waals surface area contributed by atoms with Crippen molar-refractivity contribution in [3.63, 3.8) is 0 Å². The maximum atomic E-state index is 6.06. The summed E-state index contributed by atoms with van der Waals surface area (Å²) in [5, 5.41) is 4.48. The van der Waals surface area contributed by atoms with E-state index in [0.29, 0.717) is 24.5 Å². The quantitative estimate of drug-likeness (QED) is 0.614. The van der Waals surface area contributed by atoms with Crippen LogP contribution in [0, 0.1) is 6.92 Å². The molecule has 0 bridgehead atoms. The zero-order valence-corrected chi connectivity index (χ0v) is 17.3. The first-order valence-electron chi connectivity index (χ1n) is 10.5. The average Bonchev–Trinajstić information content (AvgIpc) is 3.12. The Kier molecular flexibility index (Phi) is 5.78. The third kappa shape index (κ3) is 4.26. The number of nitrogens with two attached hydrogens (primary N) is 1. The molecule has 1 fully saturated rings. The minimum Gasteiger partial charge on any atom is -0.462 e. The fourth-order valence-corrected chi connectivity index (χ4v) is 3.77. The van der Waals surface area contributed by atoms with Gasteiger partial charge in [-0.05, 0) is 44.2 Å². The lowest BCUT2D eigenvalue weighted by atomic mass is 10.1. The van der Waals surface area contributed by atoms with E-state index in [4.69, 9.17) is 15.5 Å². The maximum Gasteiger partial charge on any atom is 0.336 e. The third-order valence-corrected chi connectivity index (χ3v) is 5.37. The van der Waals surface area contributed by atoms with Gasteiger partial charge in [0.05, 0.1) is 30.4 Å². The lowest BCUT2D eigenvalue weighted by Gasteiger charge is -2.29. The second-order valence-electron chi connectivity index (χ2n) is 7.65. The van der Waals surface area contributed by atoms with Gasteiger partial charge >= 0.3 is 6.01 Å². The molecule has 0 atom stereocenters. The summed E-state index contributed by atoms with van der Waals surface area (Å²) < 4.78 is 7.36. The summed E-state index contributed by atoms with van der Waals surface area (Å²) in [5.74, 6) is 0.322. The summed E-state index contributed by atoms with van der Waals surface area (Å²) in [4.78, 5) is 15.8. The van der Waals surface area contributed by atoms with E-state index in [9.17, 15) is 0 Å². The zero-order chi connectivity index (χ0) is 20.2. The van der Waals surface area contributed by atoms with E-state index in [0.717, 1.165) is 37.3 Å². The van der Waals surface area contributed by atoms with E-state index in [1.807, 2.05) is 6.20 Å². The number of unbranched alkanes of at least 4 members (excludes halogenated alkanes) is 1. The summed E-state index contributed by atoms with van der Waals surface area (Å²) in [6, 6.07) is 2.44. The van der Waals surface area contributed by atoms with Gasteiger partial charge in [-0.25, -0.2) is 9.50 Å². The minimum atomic E-state index is 0.285. The van der Waals surface area contributed by atoms with E-state index in [1.165, 1.54) is 30.5 Å². The first-order valence-corrected chi connectivity index (χ1v) is 10.5. The summed E-state index contributed by atoms with van der Waals surface area (Å²) in [7, 11) is 0. The average molecular weight is 396 g/mol. The van der Waals surface area contributed by atoms with Crippen LogP contribution in [0.4, 0.5) is 11.5 Å². The predicted octanol–water partition coefficient (Wildman–Crippen LogP) is 3.17. The van der Waals surface area contributed by atoms with Crippen LogP contribution in [0.5, 0.6) is 6.01 Å². The molecule has 0 saturated carbocycles. The number of hydrogen-bond acceptors (Lipinski definition) is 7. The number of rotatable bonds is 7. The molecule has 2 N–H and O–H groups in total. The topological polar surface area (TPSA) is 94.5 Å². The number of pyridine rings is 1. The van der Waals surface area contributed by atoms with Crippen LogP contribution in [0.15, 0.2) is 18.5 Å². The van der Waals surface area contributed by atoms with Gasteiger partial charge in [-0.1, -0.05) is 13.3 Å². The number of aromatic nitrogens is 5. The number of piperidine rings is 1. The molecule has 0 aliphatic carbocycles. The van der Waals surface area contributed by atoms with Gasteiger partial charge in [-0.3, -0.25) is 4.98 Å². The molecule has 0 unspecified atom stereocenters. The second kappa shape index (κ2) is 8.63. The molecule has 1 saturated heterocycles. The van der Waals surface area contributed by atoms with E-state index in [-0.39, 0.29) is 6.01 Å².